The lowest BCUT2D eigenvalue weighted by Gasteiger charge is -2.05. The van der Waals surface area contributed by atoms with Crippen LogP contribution in [0, 0.1) is 12.8 Å². The molecule has 1 atom stereocenters. The summed E-state index contributed by atoms with van der Waals surface area (Å²) in [4.78, 5) is 9.23. The molecule has 1 aliphatic heterocycles. The van der Waals surface area contributed by atoms with Crippen LogP contribution in [-0.2, 0) is 22.0 Å². The Morgan fingerprint density at radius 2 is 1.96 bits per heavy atom. The third kappa shape index (κ3) is 3.88. The van der Waals surface area contributed by atoms with E-state index in [1.807, 2.05) is 31.2 Å². The lowest BCUT2D eigenvalue weighted by Crippen LogP contribution is -2.07. The maximum absolute atomic E-state index is 11.5. The van der Waals surface area contributed by atoms with E-state index in [1.54, 1.807) is 0 Å². The lowest BCUT2D eigenvalue weighted by molar-refractivity contribution is 0.389. The van der Waals surface area contributed by atoms with Crippen molar-refractivity contribution in [2.45, 2.75) is 30.7 Å². The van der Waals surface area contributed by atoms with Crippen molar-refractivity contribution in [1.29, 1.82) is 0 Å². The van der Waals surface area contributed by atoms with Crippen LogP contribution in [0.4, 0.5) is 0 Å². The number of fused-ring (bicyclic) bond motifs is 1. The fourth-order valence-electron chi connectivity index (χ4n) is 3.05. The second-order valence-electron chi connectivity index (χ2n) is 6.47. The van der Waals surface area contributed by atoms with Crippen molar-refractivity contribution >= 4 is 32.6 Å². The van der Waals surface area contributed by atoms with Gasteiger partial charge in [0, 0.05) is 12.2 Å². The number of para-hydroxylation sites is 2. The van der Waals surface area contributed by atoms with Gasteiger partial charge in [0.2, 0.25) is 5.89 Å². The molecule has 0 radical (unpaired) electrons. The van der Waals surface area contributed by atoms with Gasteiger partial charge in [-0.2, -0.15) is 0 Å². The summed E-state index contributed by atoms with van der Waals surface area (Å²) in [6, 6.07) is 7.77. The van der Waals surface area contributed by atoms with Crippen molar-refractivity contribution in [3.63, 3.8) is 0 Å². The SMILES string of the molecule is Cc1nc2ccccc2nc1CSc1nnc(CC2CCS(=O)(=O)C2)o1. The van der Waals surface area contributed by atoms with Crippen LogP contribution >= 0.6 is 11.8 Å². The van der Waals surface area contributed by atoms with Gasteiger partial charge in [-0.15, -0.1) is 10.2 Å². The van der Waals surface area contributed by atoms with Crippen LogP contribution in [0.25, 0.3) is 11.0 Å². The molecule has 7 nitrogen and oxygen atoms in total. The Morgan fingerprint density at radius 1 is 1.19 bits per heavy atom. The number of hydrogen-bond acceptors (Lipinski definition) is 8. The molecule has 0 aliphatic carbocycles. The summed E-state index contributed by atoms with van der Waals surface area (Å²) in [5.41, 5.74) is 3.51. The maximum Gasteiger partial charge on any atom is 0.276 e. The predicted molar refractivity (Wildman–Crippen MR) is 98.6 cm³/mol. The molecule has 1 unspecified atom stereocenters. The molecule has 0 bridgehead atoms. The van der Waals surface area contributed by atoms with Crippen molar-refractivity contribution in [2.24, 2.45) is 5.92 Å². The van der Waals surface area contributed by atoms with Crippen molar-refractivity contribution in [3.05, 3.63) is 41.5 Å². The highest BCUT2D eigenvalue weighted by Gasteiger charge is 2.29. The Labute approximate surface area is 155 Å². The van der Waals surface area contributed by atoms with Crippen molar-refractivity contribution < 1.29 is 12.8 Å². The Hall–Kier alpha value is -2.00. The van der Waals surface area contributed by atoms with Crippen LogP contribution in [-0.4, -0.2) is 40.1 Å². The van der Waals surface area contributed by atoms with Gasteiger partial charge in [0.1, 0.15) is 0 Å². The summed E-state index contributed by atoms with van der Waals surface area (Å²) in [6.45, 7) is 1.94. The highest BCUT2D eigenvalue weighted by molar-refractivity contribution is 7.98. The quantitative estimate of drug-likeness (QED) is 0.613. The summed E-state index contributed by atoms with van der Waals surface area (Å²) in [7, 11) is -2.89. The van der Waals surface area contributed by atoms with Gasteiger partial charge in [-0.1, -0.05) is 23.9 Å². The number of thioether (sulfide) groups is 1. The average molecular weight is 390 g/mol. The summed E-state index contributed by atoms with van der Waals surface area (Å²) < 4.78 is 28.7. The van der Waals surface area contributed by atoms with Crippen LogP contribution in [0.2, 0.25) is 0 Å². The van der Waals surface area contributed by atoms with Crippen molar-refractivity contribution in [2.75, 3.05) is 11.5 Å². The first-order chi connectivity index (χ1) is 12.5. The molecule has 26 heavy (non-hydrogen) atoms. The smallest absolute Gasteiger partial charge is 0.276 e. The number of nitrogens with zero attached hydrogens (tertiary/aromatic N) is 4. The normalized spacial score (nSPS) is 19.2. The maximum atomic E-state index is 11.5. The van der Waals surface area contributed by atoms with Gasteiger partial charge in [-0.3, -0.25) is 0 Å². The van der Waals surface area contributed by atoms with Crippen LogP contribution < -0.4 is 0 Å². The Morgan fingerprint density at radius 3 is 2.69 bits per heavy atom. The molecule has 3 heterocycles. The van der Waals surface area contributed by atoms with Crippen LogP contribution in [0.15, 0.2) is 33.9 Å². The van der Waals surface area contributed by atoms with E-state index < -0.39 is 9.84 Å². The van der Waals surface area contributed by atoms with Gasteiger partial charge in [0.25, 0.3) is 5.22 Å². The van der Waals surface area contributed by atoms with E-state index >= 15 is 0 Å². The van der Waals surface area contributed by atoms with Crippen LogP contribution in [0.5, 0.6) is 0 Å². The molecule has 0 N–H and O–H groups in total. The monoisotopic (exact) mass is 390 g/mol. The molecule has 0 amide bonds. The molecule has 9 heteroatoms. The molecule has 0 saturated carbocycles. The Balaban J connectivity index is 1.41. The second-order valence-corrected chi connectivity index (χ2v) is 9.62. The Bertz CT molecular complexity index is 1050. The summed E-state index contributed by atoms with van der Waals surface area (Å²) in [6.07, 6.45) is 1.18. The first kappa shape index (κ1) is 17.4. The van der Waals surface area contributed by atoms with Gasteiger partial charge < -0.3 is 4.42 Å². The number of hydrogen-bond donors (Lipinski definition) is 0. The zero-order valence-corrected chi connectivity index (χ0v) is 15.9. The molecule has 0 spiro atoms. The summed E-state index contributed by atoms with van der Waals surface area (Å²) >= 11 is 1.41. The van der Waals surface area contributed by atoms with Crippen LogP contribution in [0.1, 0.15) is 23.7 Å². The fourth-order valence-corrected chi connectivity index (χ4v) is 5.70. The van der Waals surface area contributed by atoms with Gasteiger partial charge in [0.15, 0.2) is 9.84 Å². The largest absolute Gasteiger partial charge is 0.416 e. The average Bonchev–Trinajstić information content (AvgIpc) is 3.19. The topological polar surface area (TPSA) is 98.8 Å². The third-order valence-corrected chi connectivity index (χ3v) is 7.08. The predicted octanol–water partition coefficient (Wildman–Crippen LogP) is 2.59. The first-order valence-corrected chi connectivity index (χ1v) is 11.2. The number of aromatic nitrogens is 4. The van der Waals surface area contributed by atoms with E-state index in [2.05, 4.69) is 20.2 Å². The molecule has 136 valence electrons. The fraction of sp³-hybridized carbons (Fsp3) is 0.412. The third-order valence-electron chi connectivity index (χ3n) is 4.41. The van der Waals surface area contributed by atoms with Gasteiger partial charge in [-0.05, 0) is 31.4 Å². The molecule has 3 aromatic rings. The standard InChI is InChI=1S/C17H18N4O3S2/c1-11-15(19-14-5-3-2-4-13(14)18-11)9-25-17-21-20-16(24-17)8-12-6-7-26(22,23)10-12/h2-5,12H,6-10H2,1H3. The van der Waals surface area contributed by atoms with E-state index in [0.29, 0.717) is 29.7 Å². The zero-order valence-electron chi connectivity index (χ0n) is 14.3. The lowest BCUT2D eigenvalue weighted by atomic mass is 10.1. The molecule has 1 aliphatic rings. The zero-order chi connectivity index (χ0) is 18.1. The molecular weight excluding hydrogens is 372 g/mol. The number of sulfone groups is 1. The molecular formula is C17H18N4O3S2. The summed E-state index contributed by atoms with van der Waals surface area (Å²) in [5.74, 6) is 1.63. The van der Waals surface area contributed by atoms with E-state index in [4.69, 9.17) is 4.42 Å². The minimum absolute atomic E-state index is 0.0758. The molecule has 1 fully saturated rings. The Kier molecular flexibility index (Phi) is 4.66. The molecule has 2 aromatic heterocycles. The van der Waals surface area contributed by atoms with Gasteiger partial charge >= 0.3 is 0 Å². The molecule has 4 rings (SSSR count). The molecule has 1 saturated heterocycles. The number of benzene rings is 1. The van der Waals surface area contributed by atoms with Gasteiger partial charge in [0.05, 0.1) is 33.9 Å². The van der Waals surface area contributed by atoms with Crippen LogP contribution in [0.3, 0.4) is 0 Å². The van der Waals surface area contributed by atoms with E-state index in [9.17, 15) is 8.42 Å². The number of rotatable bonds is 5. The van der Waals surface area contributed by atoms with E-state index in [-0.39, 0.29) is 17.4 Å². The van der Waals surface area contributed by atoms with Crippen molar-refractivity contribution in [3.8, 4) is 0 Å². The highest BCUT2D eigenvalue weighted by Crippen LogP contribution is 2.26. The summed E-state index contributed by atoms with van der Waals surface area (Å²) in [5, 5.41) is 8.56. The molecule has 1 aromatic carbocycles. The number of aryl methyl sites for hydroxylation is 1. The first-order valence-electron chi connectivity index (χ1n) is 8.36. The van der Waals surface area contributed by atoms with E-state index in [0.717, 1.165) is 22.4 Å². The minimum Gasteiger partial charge on any atom is -0.416 e. The second kappa shape index (κ2) is 6.96. The van der Waals surface area contributed by atoms with Crippen molar-refractivity contribution in [1.82, 2.24) is 20.2 Å². The van der Waals surface area contributed by atoms with E-state index in [1.165, 1.54) is 11.8 Å². The highest BCUT2D eigenvalue weighted by atomic mass is 32.2. The van der Waals surface area contributed by atoms with Gasteiger partial charge in [-0.25, -0.2) is 18.4 Å². The minimum atomic E-state index is -2.89.